The molecule has 0 radical (unpaired) electrons. The second kappa shape index (κ2) is 6.91. The van der Waals surface area contributed by atoms with Crippen molar-refractivity contribution in [3.05, 3.63) is 0 Å². The molecule has 1 saturated carbocycles. The number of rotatable bonds is 6. The zero-order valence-corrected chi connectivity index (χ0v) is 12.3. The summed E-state index contributed by atoms with van der Waals surface area (Å²) in [6.07, 6.45) is 12.9. The number of nitrogens with zero attached hydrogens (tertiary/aromatic N) is 1. The van der Waals surface area contributed by atoms with E-state index in [0.717, 1.165) is 17.9 Å². The molecular weight excluding hydrogens is 220 g/mol. The van der Waals surface area contributed by atoms with E-state index in [1.165, 1.54) is 77.4 Å². The van der Waals surface area contributed by atoms with Gasteiger partial charge in [0.25, 0.3) is 0 Å². The van der Waals surface area contributed by atoms with Crippen molar-refractivity contribution in [2.75, 3.05) is 26.2 Å². The van der Waals surface area contributed by atoms with Crippen LogP contribution >= 0.6 is 0 Å². The Hall–Kier alpha value is -0.0800. The maximum atomic E-state index is 5.60. The Morgan fingerprint density at radius 2 is 1.72 bits per heavy atom. The molecule has 1 aliphatic carbocycles. The van der Waals surface area contributed by atoms with Gasteiger partial charge in [0.05, 0.1) is 0 Å². The van der Waals surface area contributed by atoms with Crippen LogP contribution in [-0.2, 0) is 0 Å². The summed E-state index contributed by atoms with van der Waals surface area (Å²) in [6.45, 7) is 7.26. The minimum atomic E-state index is 0.781. The van der Waals surface area contributed by atoms with Crippen LogP contribution in [0, 0.1) is 11.3 Å². The Balaban J connectivity index is 1.59. The second-order valence-corrected chi connectivity index (χ2v) is 6.87. The van der Waals surface area contributed by atoms with Gasteiger partial charge in [-0.1, -0.05) is 19.8 Å². The predicted octanol–water partition coefficient (Wildman–Crippen LogP) is 3.41. The molecule has 0 aromatic carbocycles. The lowest BCUT2D eigenvalue weighted by Crippen LogP contribution is -2.39. The van der Waals surface area contributed by atoms with Gasteiger partial charge >= 0.3 is 0 Å². The summed E-state index contributed by atoms with van der Waals surface area (Å²) in [7, 11) is 0. The molecule has 2 rings (SSSR count). The van der Waals surface area contributed by atoms with E-state index in [1.54, 1.807) is 0 Å². The lowest BCUT2D eigenvalue weighted by Gasteiger charge is -2.39. The molecule has 1 atom stereocenters. The number of hydrogen-bond donors (Lipinski definition) is 1. The van der Waals surface area contributed by atoms with Gasteiger partial charge in [0.2, 0.25) is 0 Å². The van der Waals surface area contributed by atoms with Crippen molar-refractivity contribution in [3.63, 3.8) is 0 Å². The molecule has 1 saturated heterocycles. The van der Waals surface area contributed by atoms with Crippen molar-refractivity contribution in [1.82, 2.24) is 4.90 Å². The van der Waals surface area contributed by atoms with E-state index < -0.39 is 0 Å². The van der Waals surface area contributed by atoms with Gasteiger partial charge in [0, 0.05) is 0 Å². The van der Waals surface area contributed by atoms with Crippen molar-refractivity contribution in [2.24, 2.45) is 17.1 Å². The van der Waals surface area contributed by atoms with Gasteiger partial charge in [0.15, 0.2) is 0 Å². The molecule has 1 heterocycles. The molecule has 1 unspecified atom stereocenters. The summed E-state index contributed by atoms with van der Waals surface area (Å²) in [6, 6.07) is 0. The first kappa shape index (κ1) is 14.3. The maximum absolute atomic E-state index is 5.60. The van der Waals surface area contributed by atoms with Gasteiger partial charge in [-0.25, -0.2) is 0 Å². The minimum absolute atomic E-state index is 0.781. The summed E-state index contributed by atoms with van der Waals surface area (Å²) >= 11 is 0. The largest absolute Gasteiger partial charge is 0.330 e. The van der Waals surface area contributed by atoms with E-state index in [1.807, 2.05) is 0 Å². The average Bonchev–Trinajstić information content (AvgIpc) is 2.81. The predicted molar refractivity (Wildman–Crippen MR) is 78.6 cm³/mol. The quantitative estimate of drug-likeness (QED) is 0.785. The fraction of sp³-hybridized carbons (Fsp3) is 1.00. The fourth-order valence-corrected chi connectivity index (χ4v) is 3.97. The molecular formula is C16H32N2. The van der Waals surface area contributed by atoms with Crippen LogP contribution in [0.5, 0.6) is 0 Å². The third-order valence-corrected chi connectivity index (χ3v) is 5.41. The second-order valence-electron chi connectivity index (χ2n) is 6.87. The highest BCUT2D eigenvalue weighted by molar-refractivity contribution is 4.89. The SMILES string of the molecule is CC(CCN)CCCN1CCC2(CCCC2)CC1. The lowest BCUT2D eigenvalue weighted by molar-refractivity contribution is 0.106. The molecule has 2 fully saturated rings. The zero-order chi connectivity index (χ0) is 12.8. The highest BCUT2D eigenvalue weighted by atomic mass is 15.1. The van der Waals surface area contributed by atoms with Crippen LogP contribution in [0.2, 0.25) is 0 Å². The van der Waals surface area contributed by atoms with Gasteiger partial charge in [-0.15, -0.1) is 0 Å². The highest BCUT2D eigenvalue weighted by Crippen LogP contribution is 2.46. The first-order chi connectivity index (χ1) is 8.74. The van der Waals surface area contributed by atoms with Crippen LogP contribution in [0.4, 0.5) is 0 Å². The van der Waals surface area contributed by atoms with E-state index in [9.17, 15) is 0 Å². The number of likely N-dealkylation sites (tertiary alicyclic amines) is 1. The van der Waals surface area contributed by atoms with Gasteiger partial charge < -0.3 is 10.6 Å². The molecule has 2 heteroatoms. The van der Waals surface area contributed by atoms with Gasteiger partial charge in [-0.2, -0.15) is 0 Å². The van der Waals surface area contributed by atoms with Gasteiger partial charge in [-0.05, 0) is 82.5 Å². The van der Waals surface area contributed by atoms with Crippen LogP contribution in [-0.4, -0.2) is 31.1 Å². The monoisotopic (exact) mass is 252 g/mol. The molecule has 0 amide bonds. The first-order valence-corrected chi connectivity index (χ1v) is 8.16. The zero-order valence-electron chi connectivity index (χ0n) is 12.3. The van der Waals surface area contributed by atoms with Crippen LogP contribution in [0.3, 0.4) is 0 Å². The fourth-order valence-electron chi connectivity index (χ4n) is 3.97. The third-order valence-electron chi connectivity index (χ3n) is 5.41. The Morgan fingerprint density at radius 3 is 2.33 bits per heavy atom. The van der Waals surface area contributed by atoms with Crippen molar-refractivity contribution >= 4 is 0 Å². The van der Waals surface area contributed by atoms with E-state index in [-0.39, 0.29) is 0 Å². The summed E-state index contributed by atoms with van der Waals surface area (Å²) < 4.78 is 0. The van der Waals surface area contributed by atoms with Gasteiger partial charge in [0.1, 0.15) is 0 Å². The molecule has 0 aromatic heterocycles. The normalized spacial score (nSPS) is 25.7. The Morgan fingerprint density at radius 1 is 1.06 bits per heavy atom. The molecule has 2 N–H and O–H groups in total. The smallest absolute Gasteiger partial charge is 0.00134 e. The third kappa shape index (κ3) is 3.96. The van der Waals surface area contributed by atoms with E-state index in [2.05, 4.69) is 11.8 Å². The molecule has 18 heavy (non-hydrogen) atoms. The van der Waals surface area contributed by atoms with E-state index in [0.29, 0.717) is 0 Å². The summed E-state index contributed by atoms with van der Waals surface area (Å²) in [5.41, 5.74) is 6.38. The lowest BCUT2D eigenvalue weighted by atomic mass is 9.77. The summed E-state index contributed by atoms with van der Waals surface area (Å²) in [5.74, 6) is 0.820. The van der Waals surface area contributed by atoms with Crippen molar-refractivity contribution in [2.45, 2.75) is 64.7 Å². The Labute approximate surface area is 113 Å². The molecule has 1 spiro atoms. The van der Waals surface area contributed by atoms with E-state index in [4.69, 9.17) is 5.73 Å². The minimum Gasteiger partial charge on any atom is -0.330 e. The molecule has 0 bridgehead atoms. The van der Waals surface area contributed by atoms with Crippen LogP contribution in [0.1, 0.15) is 64.7 Å². The van der Waals surface area contributed by atoms with Crippen LogP contribution < -0.4 is 5.73 Å². The summed E-state index contributed by atoms with van der Waals surface area (Å²) in [4.78, 5) is 2.71. The Bertz CT molecular complexity index is 223. The number of piperidine rings is 1. The number of nitrogens with two attached hydrogens (primary N) is 1. The number of hydrogen-bond acceptors (Lipinski definition) is 2. The van der Waals surface area contributed by atoms with E-state index >= 15 is 0 Å². The molecule has 106 valence electrons. The van der Waals surface area contributed by atoms with Crippen molar-refractivity contribution < 1.29 is 0 Å². The molecule has 0 aromatic rings. The maximum Gasteiger partial charge on any atom is -0.00134 e. The molecule has 2 aliphatic rings. The summed E-state index contributed by atoms with van der Waals surface area (Å²) in [5, 5.41) is 0. The van der Waals surface area contributed by atoms with Gasteiger partial charge in [-0.3, -0.25) is 0 Å². The average molecular weight is 252 g/mol. The molecule has 2 nitrogen and oxygen atoms in total. The Kier molecular flexibility index (Phi) is 5.50. The topological polar surface area (TPSA) is 29.3 Å². The highest BCUT2D eigenvalue weighted by Gasteiger charge is 2.36. The van der Waals surface area contributed by atoms with Crippen molar-refractivity contribution in [1.29, 1.82) is 0 Å². The van der Waals surface area contributed by atoms with Crippen LogP contribution in [0.15, 0.2) is 0 Å². The van der Waals surface area contributed by atoms with Crippen LogP contribution in [0.25, 0.3) is 0 Å². The molecule has 1 aliphatic heterocycles. The first-order valence-electron chi connectivity index (χ1n) is 8.16. The van der Waals surface area contributed by atoms with Crippen molar-refractivity contribution in [3.8, 4) is 0 Å². The standard InChI is InChI=1S/C16H32N2/c1-15(6-11-17)5-4-12-18-13-9-16(10-14-18)7-2-3-8-16/h15H,2-14,17H2,1H3.